The fourth-order valence-corrected chi connectivity index (χ4v) is 8.38. The largest absolute Gasteiger partial charge is 0.393 e. The summed E-state index contributed by atoms with van der Waals surface area (Å²) in [4.78, 5) is 12.0. The molecule has 5 rings (SSSR count). The standard InChI is InChI=1S/C20H31NO4/c1-17-6-7-20(25)14(8-16(23)21-20)13(17)4-5-18-9-12(2-3-15(17)18)19(24,10-18)11-22/h12-15,22,24-25H,2-11H2,1H3,(H,21,23)/t12-,13+,14-,15+,17-,18+,19+,20-/m1/s1. The smallest absolute Gasteiger partial charge is 0.222 e. The molecule has 0 radical (unpaired) electrons. The van der Waals surface area contributed by atoms with E-state index in [4.69, 9.17) is 0 Å². The van der Waals surface area contributed by atoms with Crippen LogP contribution >= 0.6 is 0 Å². The molecular formula is C20H31NO4. The molecule has 4 saturated carbocycles. The molecule has 0 unspecified atom stereocenters. The van der Waals surface area contributed by atoms with E-state index in [9.17, 15) is 20.1 Å². The lowest BCUT2D eigenvalue weighted by molar-refractivity contribution is -0.182. The molecule has 4 N–H and O–H groups in total. The van der Waals surface area contributed by atoms with E-state index in [0.717, 1.165) is 44.9 Å². The van der Waals surface area contributed by atoms with Crippen molar-refractivity contribution < 1.29 is 20.1 Å². The summed E-state index contributed by atoms with van der Waals surface area (Å²) in [5.74, 6) is 1.18. The van der Waals surface area contributed by atoms with Crippen molar-refractivity contribution in [2.24, 2.45) is 34.5 Å². The number of amides is 1. The molecule has 25 heavy (non-hydrogen) atoms. The maximum Gasteiger partial charge on any atom is 0.222 e. The van der Waals surface area contributed by atoms with Gasteiger partial charge in [-0.2, -0.15) is 0 Å². The number of aliphatic hydroxyl groups excluding tert-OH is 1. The van der Waals surface area contributed by atoms with Gasteiger partial charge in [-0.1, -0.05) is 6.92 Å². The maximum absolute atomic E-state index is 12.0. The highest BCUT2D eigenvalue weighted by Gasteiger charge is 2.69. The molecule has 1 saturated heterocycles. The minimum absolute atomic E-state index is 0.00346. The lowest BCUT2D eigenvalue weighted by Gasteiger charge is -2.63. The van der Waals surface area contributed by atoms with Crippen LogP contribution < -0.4 is 5.32 Å². The molecule has 0 aromatic rings. The van der Waals surface area contributed by atoms with Crippen LogP contribution in [0.25, 0.3) is 0 Å². The number of fused-ring (bicyclic) bond motifs is 5. The van der Waals surface area contributed by atoms with Crippen LogP contribution in [0.4, 0.5) is 0 Å². The molecule has 5 aliphatic rings. The lowest BCUT2D eigenvalue weighted by atomic mass is 9.42. The second kappa shape index (κ2) is 4.79. The van der Waals surface area contributed by atoms with Crippen LogP contribution in [0.1, 0.15) is 64.7 Å². The number of hydrogen-bond acceptors (Lipinski definition) is 4. The number of carbonyl (C=O) groups excluding carboxylic acids is 1. The van der Waals surface area contributed by atoms with Gasteiger partial charge in [0.25, 0.3) is 0 Å². The predicted molar refractivity (Wildman–Crippen MR) is 91.2 cm³/mol. The molecule has 1 amide bonds. The van der Waals surface area contributed by atoms with Gasteiger partial charge in [0.2, 0.25) is 5.91 Å². The van der Waals surface area contributed by atoms with Crippen molar-refractivity contribution in [1.82, 2.24) is 5.32 Å². The summed E-state index contributed by atoms with van der Waals surface area (Å²) in [6.07, 6.45) is 8.05. The molecule has 0 aromatic carbocycles. The van der Waals surface area contributed by atoms with E-state index in [-0.39, 0.29) is 35.2 Å². The van der Waals surface area contributed by atoms with Crippen molar-refractivity contribution in [1.29, 1.82) is 0 Å². The molecule has 5 heteroatoms. The van der Waals surface area contributed by atoms with Crippen molar-refractivity contribution in [3.63, 3.8) is 0 Å². The van der Waals surface area contributed by atoms with E-state index in [1.807, 2.05) is 0 Å². The maximum atomic E-state index is 12.0. The highest BCUT2D eigenvalue weighted by atomic mass is 16.3. The third kappa shape index (κ3) is 1.93. The van der Waals surface area contributed by atoms with Crippen LogP contribution in [0.3, 0.4) is 0 Å². The van der Waals surface area contributed by atoms with Crippen LogP contribution in [0.5, 0.6) is 0 Å². The molecule has 0 aromatic heterocycles. The Balaban J connectivity index is 1.51. The number of aliphatic hydroxyl groups is 3. The Morgan fingerprint density at radius 3 is 2.68 bits per heavy atom. The van der Waals surface area contributed by atoms with Crippen molar-refractivity contribution in [3.05, 3.63) is 0 Å². The summed E-state index contributed by atoms with van der Waals surface area (Å²) in [5, 5.41) is 34.6. The van der Waals surface area contributed by atoms with Gasteiger partial charge in [-0.3, -0.25) is 4.79 Å². The van der Waals surface area contributed by atoms with E-state index in [1.54, 1.807) is 0 Å². The topological polar surface area (TPSA) is 89.8 Å². The Bertz CT molecular complexity index is 625. The van der Waals surface area contributed by atoms with Crippen molar-refractivity contribution in [2.75, 3.05) is 6.61 Å². The minimum atomic E-state index is -0.996. The summed E-state index contributed by atoms with van der Waals surface area (Å²) in [7, 11) is 0. The second-order valence-corrected chi connectivity index (χ2v) is 10.3. The van der Waals surface area contributed by atoms with Crippen molar-refractivity contribution in [2.45, 2.75) is 76.0 Å². The lowest BCUT2D eigenvalue weighted by Crippen LogP contribution is -2.61. The molecule has 5 nitrogen and oxygen atoms in total. The zero-order valence-corrected chi connectivity index (χ0v) is 15.1. The highest BCUT2D eigenvalue weighted by Crippen LogP contribution is 2.72. The summed E-state index contributed by atoms with van der Waals surface area (Å²) in [6.45, 7) is 2.27. The van der Waals surface area contributed by atoms with E-state index < -0.39 is 11.3 Å². The normalized spacial score (nSPS) is 59.8. The first-order chi connectivity index (χ1) is 11.7. The molecule has 8 atom stereocenters. The van der Waals surface area contributed by atoms with Gasteiger partial charge in [-0.25, -0.2) is 0 Å². The monoisotopic (exact) mass is 349 g/mol. The molecule has 1 aliphatic heterocycles. The van der Waals surface area contributed by atoms with E-state index in [1.165, 1.54) is 0 Å². The third-order valence-corrected chi connectivity index (χ3v) is 9.39. The zero-order chi connectivity index (χ0) is 17.7. The van der Waals surface area contributed by atoms with Gasteiger partial charge >= 0.3 is 0 Å². The first kappa shape index (κ1) is 16.5. The number of rotatable bonds is 1. The number of carbonyl (C=O) groups is 1. The molecule has 2 bridgehead atoms. The second-order valence-electron chi connectivity index (χ2n) is 10.3. The Morgan fingerprint density at radius 1 is 1.12 bits per heavy atom. The fraction of sp³-hybridized carbons (Fsp3) is 0.950. The fourth-order valence-electron chi connectivity index (χ4n) is 8.38. The van der Waals surface area contributed by atoms with Crippen molar-refractivity contribution >= 4 is 5.91 Å². The number of nitrogens with one attached hydrogen (secondary N) is 1. The van der Waals surface area contributed by atoms with Crippen molar-refractivity contribution in [3.8, 4) is 0 Å². The van der Waals surface area contributed by atoms with Gasteiger partial charge < -0.3 is 20.6 Å². The van der Waals surface area contributed by atoms with Crippen LogP contribution in [0, 0.1) is 34.5 Å². The first-order valence-electron chi connectivity index (χ1n) is 10.1. The van der Waals surface area contributed by atoms with E-state index in [0.29, 0.717) is 24.7 Å². The van der Waals surface area contributed by atoms with Gasteiger partial charge in [-0.15, -0.1) is 0 Å². The molecule has 1 spiro atoms. The highest BCUT2D eigenvalue weighted by molar-refractivity contribution is 5.79. The van der Waals surface area contributed by atoms with Crippen LogP contribution in [0.15, 0.2) is 0 Å². The summed E-state index contributed by atoms with van der Waals surface area (Å²) < 4.78 is 0. The van der Waals surface area contributed by atoms with E-state index >= 15 is 0 Å². The van der Waals surface area contributed by atoms with Crippen LogP contribution in [-0.2, 0) is 4.79 Å². The van der Waals surface area contributed by atoms with Crippen LogP contribution in [-0.4, -0.2) is 39.2 Å². The molecule has 4 aliphatic carbocycles. The Hall–Kier alpha value is -0.650. The quantitative estimate of drug-likeness (QED) is 0.578. The minimum Gasteiger partial charge on any atom is -0.393 e. The molecular weight excluding hydrogens is 318 g/mol. The van der Waals surface area contributed by atoms with E-state index in [2.05, 4.69) is 12.2 Å². The van der Waals surface area contributed by atoms with Gasteiger partial charge in [-0.05, 0) is 80.0 Å². The average molecular weight is 349 g/mol. The summed E-state index contributed by atoms with van der Waals surface area (Å²) in [6, 6.07) is 0. The summed E-state index contributed by atoms with van der Waals surface area (Å²) in [5.41, 5.74) is -1.60. The van der Waals surface area contributed by atoms with Gasteiger partial charge in [0, 0.05) is 12.3 Å². The van der Waals surface area contributed by atoms with Crippen LogP contribution in [0.2, 0.25) is 0 Å². The van der Waals surface area contributed by atoms with Gasteiger partial charge in [0.15, 0.2) is 0 Å². The Morgan fingerprint density at radius 2 is 1.92 bits per heavy atom. The average Bonchev–Trinajstić information content (AvgIpc) is 2.98. The Kier molecular flexibility index (Phi) is 3.16. The Labute approximate surface area is 149 Å². The SMILES string of the molecule is C[C@@]12CC[C@]3(O)NC(=O)C[C@@H]3[C@@H]1CC[C@@]13C[C@@H](CC[C@H]12)[C@@](O)(CO)C3. The van der Waals surface area contributed by atoms with Gasteiger partial charge in [0.05, 0.1) is 12.2 Å². The molecule has 140 valence electrons. The molecule has 5 fully saturated rings. The first-order valence-corrected chi connectivity index (χ1v) is 10.1. The summed E-state index contributed by atoms with van der Waals surface area (Å²) >= 11 is 0. The van der Waals surface area contributed by atoms with Gasteiger partial charge in [0.1, 0.15) is 5.72 Å². The number of hydrogen-bond donors (Lipinski definition) is 4. The third-order valence-electron chi connectivity index (χ3n) is 9.39. The zero-order valence-electron chi connectivity index (χ0n) is 15.1. The predicted octanol–water partition coefficient (Wildman–Crippen LogP) is 1.55. The molecule has 1 heterocycles.